The van der Waals surface area contributed by atoms with Crippen LogP contribution in [0.4, 0.5) is 5.69 Å². The number of para-hydroxylation sites is 1. The molecule has 0 bridgehead atoms. The van der Waals surface area contributed by atoms with Gasteiger partial charge < -0.3 is 10.0 Å². The van der Waals surface area contributed by atoms with Crippen LogP contribution in [0.15, 0.2) is 24.3 Å². The summed E-state index contributed by atoms with van der Waals surface area (Å²) in [4.78, 5) is 4.72. The zero-order chi connectivity index (χ0) is 13.5. The van der Waals surface area contributed by atoms with Gasteiger partial charge in [0, 0.05) is 32.8 Å². The summed E-state index contributed by atoms with van der Waals surface area (Å²) >= 11 is 0. The third-order valence-electron chi connectivity index (χ3n) is 3.62. The first-order chi connectivity index (χ1) is 9.35. The smallest absolute Gasteiger partial charge is 0.101 e. The Morgan fingerprint density at radius 3 is 2.53 bits per heavy atom. The van der Waals surface area contributed by atoms with E-state index < -0.39 is 0 Å². The maximum atomic E-state index is 9.13. The molecule has 1 N–H and O–H groups in total. The lowest BCUT2D eigenvalue weighted by Crippen LogP contribution is -2.46. The number of nitriles is 1. The Morgan fingerprint density at radius 2 is 1.84 bits per heavy atom. The second kappa shape index (κ2) is 7.13. The lowest BCUT2D eigenvalue weighted by molar-refractivity contribution is 0.232. The average molecular weight is 259 g/mol. The molecule has 1 aliphatic rings. The zero-order valence-electron chi connectivity index (χ0n) is 11.3. The van der Waals surface area contributed by atoms with Crippen molar-refractivity contribution >= 4 is 5.69 Å². The molecule has 0 unspecified atom stereocenters. The van der Waals surface area contributed by atoms with E-state index in [1.165, 1.54) is 0 Å². The Labute approximate surface area is 114 Å². The molecule has 0 amide bonds. The molecule has 4 nitrogen and oxygen atoms in total. The Balaban J connectivity index is 1.88. The fourth-order valence-electron chi connectivity index (χ4n) is 2.50. The van der Waals surface area contributed by atoms with Crippen molar-refractivity contribution in [1.82, 2.24) is 4.90 Å². The highest BCUT2D eigenvalue weighted by molar-refractivity contribution is 5.59. The normalized spacial score (nSPS) is 16.3. The zero-order valence-corrected chi connectivity index (χ0v) is 11.3. The summed E-state index contributed by atoms with van der Waals surface area (Å²) in [7, 11) is 0. The van der Waals surface area contributed by atoms with Gasteiger partial charge >= 0.3 is 0 Å². The first-order valence-electron chi connectivity index (χ1n) is 6.92. The van der Waals surface area contributed by atoms with Crippen molar-refractivity contribution in [2.45, 2.75) is 12.8 Å². The molecule has 102 valence electrons. The summed E-state index contributed by atoms with van der Waals surface area (Å²) in [5.41, 5.74) is 1.82. The van der Waals surface area contributed by atoms with Gasteiger partial charge in [0.2, 0.25) is 0 Å². The van der Waals surface area contributed by atoms with Gasteiger partial charge in [-0.15, -0.1) is 0 Å². The number of benzene rings is 1. The minimum atomic E-state index is 0.287. The van der Waals surface area contributed by atoms with Crippen LogP contribution in [0.25, 0.3) is 0 Å². The topological polar surface area (TPSA) is 50.5 Å². The Bertz CT molecular complexity index is 433. The highest BCUT2D eigenvalue weighted by Gasteiger charge is 2.18. The molecular formula is C15H21N3O. The predicted molar refractivity (Wildman–Crippen MR) is 76.1 cm³/mol. The van der Waals surface area contributed by atoms with Crippen molar-refractivity contribution in [3.8, 4) is 6.07 Å². The molecule has 1 aromatic carbocycles. The first-order valence-corrected chi connectivity index (χ1v) is 6.92. The number of unbranched alkanes of at least 4 members (excludes halogenated alkanes) is 1. The molecule has 0 atom stereocenters. The molecule has 1 aliphatic heterocycles. The van der Waals surface area contributed by atoms with Crippen LogP contribution in [0.5, 0.6) is 0 Å². The van der Waals surface area contributed by atoms with E-state index in [1.54, 1.807) is 0 Å². The van der Waals surface area contributed by atoms with Crippen molar-refractivity contribution in [3.63, 3.8) is 0 Å². The fourth-order valence-corrected chi connectivity index (χ4v) is 2.50. The van der Waals surface area contributed by atoms with Crippen LogP contribution < -0.4 is 4.90 Å². The van der Waals surface area contributed by atoms with Gasteiger partial charge in [0.15, 0.2) is 0 Å². The lowest BCUT2D eigenvalue weighted by Gasteiger charge is -2.36. The third kappa shape index (κ3) is 3.69. The summed E-state index contributed by atoms with van der Waals surface area (Å²) in [6, 6.07) is 10.1. The van der Waals surface area contributed by atoms with Crippen LogP contribution in [0.1, 0.15) is 18.4 Å². The van der Waals surface area contributed by atoms with Crippen LogP contribution >= 0.6 is 0 Å². The fraction of sp³-hybridized carbons (Fsp3) is 0.533. The molecule has 2 rings (SSSR count). The predicted octanol–water partition coefficient (Wildman–Crippen LogP) is 1.45. The SMILES string of the molecule is N#Cc1ccccc1N1CCN(CCCCO)CC1. The maximum absolute atomic E-state index is 9.13. The Kier molecular flexibility index (Phi) is 5.20. The number of anilines is 1. The van der Waals surface area contributed by atoms with Gasteiger partial charge in [-0.2, -0.15) is 5.26 Å². The van der Waals surface area contributed by atoms with Crippen LogP contribution in [-0.2, 0) is 0 Å². The maximum Gasteiger partial charge on any atom is 0.101 e. The van der Waals surface area contributed by atoms with Gasteiger partial charge in [0.25, 0.3) is 0 Å². The Morgan fingerprint density at radius 1 is 1.11 bits per heavy atom. The van der Waals surface area contributed by atoms with E-state index in [0.717, 1.165) is 56.8 Å². The van der Waals surface area contributed by atoms with E-state index in [9.17, 15) is 0 Å². The highest BCUT2D eigenvalue weighted by atomic mass is 16.2. The van der Waals surface area contributed by atoms with Gasteiger partial charge in [0.1, 0.15) is 6.07 Å². The molecule has 0 saturated carbocycles. The molecule has 0 radical (unpaired) electrons. The van der Waals surface area contributed by atoms with Crippen LogP contribution in [0.2, 0.25) is 0 Å². The second-order valence-corrected chi connectivity index (χ2v) is 4.89. The number of piperazine rings is 1. The van der Waals surface area contributed by atoms with Gasteiger partial charge in [-0.1, -0.05) is 12.1 Å². The van der Waals surface area contributed by atoms with E-state index in [-0.39, 0.29) is 6.61 Å². The summed E-state index contributed by atoms with van der Waals surface area (Å²) in [6.07, 6.45) is 1.95. The molecule has 0 aromatic heterocycles. The van der Waals surface area contributed by atoms with E-state index in [0.29, 0.717) is 0 Å². The molecule has 1 heterocycles. The van der Waals surface area contributed by atoms with Crippen LogP contribution in [-0.4, -0.2) is 49.3 Å². The van der Waals surface area contributed by atoms with E-state index in [2.05, 4.69) is 15.9 Å². The third-order valence-corrected chi connectivity index (χ3v) is 3.62. The van der Waals surface area contributed by atoms with Gasteiger partial charge in [0.05, 0.1) is 11.3 Å². The summed E-state index contributed by atoms with van der Waals surface area (Å²) in [6.45, 7) is 5.36. The molecule has 0 spiro atoms. The molecule has 0 aliphatic carbocycles. The minimum absolute atomic E-state index is 0.287. The van der Waals surface area contributed by atoms with Gasteiger partial charge in [-0.05, 0) is 31.5 Å². The lowest BCUT2D eigenvalue weighted by atomic mass is 10.1. The second-order valence-electron chi connectivity index (χ2n) is 4.89. The molecular weight excluding hydrogens is 238 g/mol. The van der Waals surface area contributed by atoms with Gasteiger partial charge in [-0.25, -0.2) is 0 Å². The summed E-state index contributed by atoms with van der Waals surface area (Å²) in [5.74, 6) is 0. The minimum Gasteiger partial charge on any atom is -0.396 e. The number of hydrogen-bond acceptors (Lipinski definition) is 4. The summed E-state index contributed by atoms with van der Waals surface area (Å²) in [5, 5.41) is 17.9. The first kappa shape index (κ1) is 13.9. The number of aliphatic hydroxyl groups excluding tert-OH is 1. The molecule has 1 aromatic rings. The van der Waals surface area contributed by atoms with Crippen LogP contribution in [0.3, 0.4) is 0 Å². The number of aliphatic hydroxyl groups is 1. The quantitative estimate of drug-likeness (QED) is 0.813. The number of hydrogen-bond donors (Lipinski definition) is 1. The van der Waals surface area contributed by atoms with Gasteiger partial charge in [-0.3, -0.25) is 4.90 Å². The van der Waals surface area contributed by atoms with E-state index >= 15 is 0 Å². The van der Waals surface area contributed by atoms with Crippen molar-refractivity contribution < 1.29 is 5.11 Å². The molecule has 1 saturated heterocycles. The highest BCUT2D eigenvalue weighted by Crippen LogP contribution is 2.21. The van der Waals surface area contributed by atoms with Crippen molar-refractivity contribution in [2.75, 3.05) is 44.2 Å². The van der Waals surface area contributed by atoms with Crippen LogP contribution in [0, 0.1) is 11.3 Å². The molecule has 19 heavy (non-hydrogen) atoms. The summed E-state index contributed by atoms with van der Waals surface area (Å²) < 4.78 is 0. The standard InChI is InChI=1S/C15H21N3O/c16-13-14-5-1-2-6-15(14)18-10-8-17(9-11-18)7-3-4-12-19/h1-2,5-6,19H,3-4,7-12H2. The number of nitrogens with zero attached hydrogens (tertiary/aromatic N) is 3. The number of rotatable bonds is 5. The monoisotopic (exact) mass is 259 g/mol. The largest absolute Gasteiger partial charge is 0.396 e. The average Bonchev–Trinajstić information content (AvgIpc) is 2.48. The molecule has 4 heteroatoms. The van der Waals surface area contributed by atoms with Crippen molar-refractivity contribution in [2.24, 2.45) is 0 Å². The van der Waals surface area contributed by atoms with Crippen molar-refractivity contribution in [3.05, 3.63) is 29.8 Å². The van der Waals surface area contributed by atoms with Crippen molar-refractivity contribution in [1.29, 1.82) is 5.26 Å². The van der Waals surface area contributed by atoms with E-state index in [4.69, 9.17) is 10.4 Å². The Hall–Kier alpha value is -1.57. The van der Waals surface area contributed by atoms with E-state index in [1.807, 2.05) is 24.3 Å². The molecule has 1 fully saturated rings.